The summed E-state index contributed by atoms with van der Waals surface area (Å²) in [5.41, 5.74) is 2.90. The molecular weight excluding hydrogens is 504 g/mol. The number of carbonyl (C=O) groups excluding carboxylic acids is 1. The molecule has 1 aliphatic heterocycles. The fourth-order valence-electron chi connectivity index (χ4n) is 4.58. The Bertz CT molecular complexity index is 1640. The molecular formula is C31H28N6O3. The molecule has 2 aromatic heterocycles. The van der Waals surface area contributed by atoms with E-state index in [0.29, 0.717) is 35.3 Å². The number of ether oxygens (including phenoxy) is 2. The Hall–Kier alpha value is -5.02. The van der Waals surface area contributed by atoms with Gasteiger partial charge in [0.25, 0.3) is 0 Å². The Balaban J connectivity index is 1.37. The van der Waals surface area contributed by atoms with Crippen LogP contribution in [0.5, 0.6) is 11.5 Å². The number of amides is 1. The summed E-state index contributed by atoms with van der Waals surface area (Å²) in [6, 6.07) is 24.7. The molecule has 1 unspecified atom stereocenters. The fourth-order valence-corrected chi connectivity index (χ4v) is 4.58. The van der Waals surface area contributed by atoms with Crippen LogP contribution in [0.4, 0.5) is 17.2 Å². The van der Waals surface area contributed by atoms with Gasteiger partial charge in [0.1, 0.15) is 17.3 Å². The molecule has 1 saturated heterocycles. The van der Waals surface area contributed by atoms with Crippen LogP contribution in [0.1, 0.15) is 25.5 Å². The van der Waals surface area contributed by atoms with Crippen molar-refractivity contribution in [3.05, 3.63) is 97.7 Å². The van der Waals surface area contributed by atoms with Gasteiger partial charge in [0, 0.05) is 23.5 Å². The van der Waals surface area contributed by atoms with Gasteiger partial charge in [-0.15, -0.1) is 0 Å². The predicted octanol–water partition coefficient (Wildman–Crippen LogP) is 6.85. The van der Waals surface area contributed by atoms with Crippen LogP contribution in [0.15, 0.2) is 97.7 Å². The fraction of sp³-hybridized carbons (Fsp3) is 0.161. The molecule has 0 radical (unpaired) electrons. The first kappa shape index (κ1) is 25.3. The summed E-state index contributed by atoms with van der Waals surface area (Å²) in [7, 11) is 0. The second-order valence-electron chi connectivity index (χ2n) is 9.38. The summed E-state index contributed by atoms with van der Waals surface area (Å²) in [4.78, 5) is 21.6. The van der Waals surface area contributed by atoms with Crippen molar-refractivity contribution >= 4 is 34.1 Å². The first-order valence-corrected chi connectivity index (χ1v) is 13.2. The summed E-state index contributed by atoms with van der Waals surface area (Å²) >= 11 is 0. The van der Waals surface area contributed by atoms with Crippen LogP contribution in [0, 0.1) is 0 Å². The van der Waals surface area contributed by atoms with E-state index in [-0.39, 0.29) is 12.1 Å². The number of hydrogen-bond acceptors (Lipinski definition) is 7. The number of hydrogen-bond donors (Lipinski definition) is 2. The molecule has 9 heteroatoms. The van der Waals surface area contributed by atoms with Gasteiger partial charge in [0.2, 0.25) is 5.91 Å². The van der Waals surface area contributed by atoms with Gasteiger partial charge in [-0.1, -0.05) is 30.8 Å². The molecule has 6 rings (SSSR count). The third-order valence-electron chi connectivity index (χ3n) is 6.55. The Morgan fingerprint density at radius 3 is 2.55 bits per heavy atom. The Morgan fingerprint density at radius 1 is 0.975 bits per heavy atom. The molecule has 1 aliphatic rings. The molecule has 1 atom stereocenters. The van der Waals surface area contributed by atoms with Crippen molar-refractivity contribution in [1.82, 2.24) is 19.7 Å². The number of fused-ring (bicyclic) bond motifs is 1. The van der Waals surface area contributed by atoms with Crippen LogP contribution in [0.2, 0.25) is 0 Å². The standard InChI is InChI=1S/C31H28N6O3/c1-2-27(38)33-22-9-8-10-23(19-22)34-30-26-20-32-37(28-13-6-7-18-39-28)31(26)36-29(35-30)21-14-16-25(17-15-21)40-24-11-4-3-5-12-24/h2-5,8-12,14-17,19-20,28H,1,6-7,13,18H2,(H,33,38)(H,34,35,36). The number of rotatable bonds is 8. The summed E-state index contributed by atoms with van der Waals surface area (Å²) in [5.74, 6) is 2.34. The van der Waals surface area contributed by atoms with Gasteiger partial charge >= 0.3 is 0 Å². The molecule has 40 heavy (non-hydrogen) atoms. The number of benzene rings is 3. The average molecular weight is 533 g/mol. The molecule has 9 nitrogen and oxygen atoms in total. The molecule has 0 bridgehead atoms. The van der Waals surface area contributed by atoms with Crippen molar-refractivity contribution in [2.24, 2.45) is 0 Å². The molecule has 0 spiro atoms. The number of carbonyl (C=O) groups is 1. The van der Waals surface area contributed by atoms with E-state index in [4.69, 9.17) is 19.4 Å². The highest BCUT2D eigenvalue weighted by molar-refractivity contribution is 5.99. The number of anilines is 3. The van der Waals surface area contributed by atoms with E-state index in [1.807, 2.05) is 83.5 Å². The lowest BCUT2D eigenvalue weighted by Gasteiger charge is -2.23. The lowest BCUT2D eigenvalue weighted by atomic mass is 10.2. The lowest BCUT2D eigenvalue weighted by Crippen LogP contribution is -2.19. The molecule has 0 saturated carbocycles. The van der Waals surface area contributed by atoms with Crippen molar-refractivity contribution in [3.63, 3.8) is 0 Å². The molecule has 2 N–H and O–H groups in total. The van der Waals surface area contributed by atoms with E-state index < -0.39 is 0 Å². The number of para-hydroxylation sites is 1. The normalized spacial score (nSPS) is 14.9. The molecule has 0 aliphatic carbocycles. The van der Waals surface area contributed by atoms with Crippen molar-refractivity contribution in [1.29, 1.82) is 0 Å². The second kappa shape index (κ2) is 11.4. The molecule has 1 fully saturated rings. The van der Waals surface area contributed by atoms with E-state index in [1.54, 1.807) is 6.20 Å². The summed E-state index contributed by atoms with van der Waals surface area (Å²) in [6.45, 7) is 4.21. The van der Waals surface area contributed by atoms with Crippen molar-refractivity contribution in [2.75, 3.05) is 17.2 Å². The van der Waals surface area contributed by atoms with Gasteiger partial charge in [0.15, 0.2) is 17.7 Å². The van der Waals surface area contributed by atoms with Gasteiger partial charge in [-0.25, -0.2) is 14.6 Å². The molecule has 3 heterocycles. The van der Waals surface area contributed by atoms with E-state index >= 15 is 0 Å². The summed E-state index contributed by atoms with van der Waals surface area (Å²) < 4.78 is 13.8. The van der Waals surface area contributed by atoms with Crippen LogP contribution in [-0.4, -0.2) is 32.3 Å². The molecule has 3 aromatic carbocycles. The van der Waals surface area contributed by atoms with Crippen LogP contribution < -0.4 is 15.4 Å². The largest absolute Gasteiger partial charge is 0.457 e. The number of aromatic nitrogens is 4. The third-order valence-corrected chi connectivity index (χ3v) is 6.55. The predicted molar refractivity (Wildman–Crippen MR) is 155 cm³/mol. The zero-order chi connectivity index (χ0) is 27.3. The maximum absolute atomic E-state index is 11.8. The van der Waals surface area contributed by atoms with Gasteiger partial charge in [-0.05, 0) is 79.9 Å². The highest BCUT2D eigenvalue weighted by Gasteiger charge is 2.22. The highest BCUT2D eigenvalue weighted by Crippen LogP contribution is 2.32. The summed E-state index contributed by atoms with van der Waals surface area (Å²) in [5, 5.41) is 11.6. The zero-order valence-electron chi connectivity index (χ0n) is 21.8. The maximum atomic E-state index is 11.8. The van der Waals surface area contributed by atoms with Crippen molar-refractivity contribution < 1.29 is 14.3 Å². The monoisotopic (exact) mass is 532 g/mol. The molecule has 5 aromatic rings. The van der Waals surface area contributed by atoms with Crippen LogP contribution in [0.3, 0.4) is 0 Å². The minimum Gasteiger partial charge on any atom is -0.457 e. The van der Waals surface area contributed by atoms with Crippen molar-refractivity contribution in [2.45, 2.75) is 25.5 Å². The van der Waals surface area contributed by atoms with Gasteiger partial charge < -0.3 is 20.1 Å². The van der Waals surface area contributed by atoms with Gasteiger partial charge in [-0.2, -0.15) is 5.10 Å². The van der Waals surface area contributed by atoms with Crippen LogP contribution in [0.25, 0.3) is 22.4 Å². The van der Waals surface area contributed by atoms with Crippen LogP contribution >= 0.6 is 0 Å². The van der Waals surface area contributed by atoms with E-state index in [9.17, 15) is 4.79 Å². The van der Waals surface area contributed by atoms with E-state index in [2.05, 4.69) is 22.3 Å². The SMILES string of the molecule is C=CC(=O)Nc1cccc(Nc2nc(-c3ccc(Oc4ccccc4)cc3)nc3c2cnn3C2CCCCO2)c1. The number of nitrogens with one attached hydrogen (secondary N) is 2. The van der Waals surface area contributed by atoms with Gasteiger partial charge in [0.05, 0.1) is 11.6 Å². The maximum Gasteiger partial charge on any atom is 0.247 e. The smallest absolute Gasteiger partial charge is 0.247 e. The third kappa shape index (κ3) is 5.55. The quantitative estimate of drug-likeness (QED) is 0.211. The summed E-state index contributed by atoms with van der Waals surface area (Å²) in [6.07, 6.45) is 5.80. The first-order chi connectivity index (χ1) is 19.7. The topological polar surface area (TPSA) is 103 Å². The van der Waals surface area contributed by atoms with Crippen LogP contribution in [-0.2, 0) is 9.53 Å². The lowest BCUT2D eigenvalue weighted by molar-refractivity contribution is -0.111. The molecule has 1 amide bonds. The zero-order valence-corrected chi connectivity index (χ0v) is 21.8. The second-order valence-corrected chi connectivity index (χ2v) is 9.38. The Labute approximate surface area is 231 Å². The molecule has 200 valence electrons. The van der Waals surface area contributed by atoms with Crippen molar-refractivity contribution in [3.8, 4) is 22.9 Å². The minimum atomic E-state index is -0.280. The average Bonchev–Trinajstić information content (AvgIpc) is 3.43. The van der Waals surface area contributed by atoms with E-state index in [0.717, 1.165) is 41.6 Å². The Morgan fingerprint density at radius 2 is 1.77 bits per heavy atom. The minimum absolute atomic E-state index is 0.180. The first-order valence-electron chi connectivity index (χ1n) is 13.2. The Kier molecular flexibility index (Phi) is 7.19. The highest BCUT2D eigenvalue weighted by atomic mass is 16.5. The van der Waals surface area contributed by atoms with Gasteiger partial charge in [-0.3, -0.25) is 4.79 Å². The van der Waals surface area contributed by atoms with E-state index in [1.165, 1.54) is 6.08 Å². The number of nitrogens with zero attached hydrogens (tertiary/aromatic N) is 4.